The van der Waals surface area contributed by atoms with Gasteiger partial charge in [-0.1, -0.05) is 18.5 Å². The molecule has 1 aromatic carbocycles. The molecule has 0 unspecified atom stereocenters. The molecule has 0 aliphatic heterocycles. The molecule has 1 fully saturated rings. The third-order valence-corrected chi connectivity index (χ3v) is 4.88. The third kappa shape index (κ3) is 2.42. The van der Waals surface area contributed by atoms with Crippen molar-refractivity contribution >= 4 is 33.0 Å². The molecule has 0 radical (unpaired) electrons. The summed E-state index contributed by atoms with van der Waals surface area (Å²) in [4.78, 5) is 1.52. The van der Waals surface area contributed by atoms with Crippen LogP contribution in [0.5, 0.6) is 0 Å². The van der Waals surface area contributed by atoms with Crippen LogP contribution in [0.25, 0.3) is 10.1 Å². The van der Waals surface area contributed by atoms with Gasteiger partial charge >= 0.3 is 0 Å². The SMILES string of the molecule is CCCNCc1sc2ccc(Cl)cc2c1C1CC1. The predicted octanol–water partition coefficient (Wildman–Crippen LogP) is 4.93. The van der Waals surface area contributed by atoms with Gasteiger partial charge in [-0.15, -0.1) is 11.3 Å². The first-order valence-corrected chi connectivity index (χ1v) is 7.90. The largest absolute Gasteiger partial charge is 0.312 e. The van der Waals surface area contributed by atoms with E-state index in [4.69, 9.17) is 11.6 Å². The summed E-state index contributed by atoms with van der Waals surface area (Å²) in [5.41, 5.74) is 1.57. The average molecular weight is 280 g/mol. The smallest absolute Gasteiger partial charge is 0.0413 e. The number of hydrogen-bond donors (Lipinski definition) is 1. The zero-order valence-corrected chi connectivity index (χ0v) is 12.2. The Morgan fingerprint density at radius 1 is 1.39 bits per heavy atom. The minimum Gasteiger partial charge on any atom is -0.312 e. The lowest BCUT2D eigenvalue weighted by molar-refractivity contribution is 0.678. The van der Waals surface area contributed by atoms with E-state index in [0.29, 0.717) is 0 Å². The van der Waals surface area contributed by atoms with E-state index >= 15 is 0 Å². The summed E-state index contributed by atoms with van der Waals surface area (Å²) in [6.07, 6.45) is 3.88. The molecule has 3 heteroatoms. The minimum absolute atomic E-state index is 0.788. The van der Waals surface area contributed by atoms with Crippen LogP contribution in [0, 0.1) is 0 Å². The minimum atomic E-state index is 0.788. The highest BCUT2D eigenvalue weighted by Crippen LogP contribution is 2.48. The summed E-state index contributed by atoms with van der Waals surface area (Å²) >= 11 is 8.07. The maximum Gasteiger partial charge on any atom is 0.0413 e. The van der Waals surface area contributed by atoms with Gasteiger partial charge in [0, 0.05) is 21.1 Å². The number of fused-ring (bicyclic) bond motifs is 1. The molecule has 18 heavy (non-hydrogen) atoms. The summed E-state index contributed by atoms with van der Waals surface area (Å²) in [6.45, 7) is 4.31. The molecule has 2 aromatic rings. The second kappa shape index (κ2) is 5.20. The van der Waals surface area contributed by atoms with E-state index in [1.54, 1.807) is 5.56 Å². The van der Waals surface area contributed by atoms with Crippen molar-refractivity contribution in [3.05, 3.63) is 33.7 Å². The van der Waals surface area contributed by atoms with Gasteiger partial charge in [0.1, 0.15) is 0 Å². The molecule has 1 heterocycles. The molecule has 96 valence electrons. The summed E-state index contributed by atoms with van der Waals surface area (Å²) in [5, 5.41) is 5.78. The van der Waals surface area contributed by atoms with Crippen LogP contribution >= 0.6 is 22.9 Å². The van der Waals surface area contributed by atoms with Crippen LogP contribution in [0.3, 0.4) is 0 Å². The van der Waals surface area contributed by atoms with Crippen molar-refractivity contribution in [2.75, 3.05) is 6.54 Å². The molecule has 1 saturated carbocycles. The van der Waals surface area contributed by atoms with Gasteiger partial charge in [-0.2, -0.15) is 0 Å². The maximum atomic E-state index is 6.14. The summed E-state index contributed by atoms with van der Waals surface area (Å²) < 4.78 is 1.38. The highest BCUT2D eigenvalue weighted by molar-refractivity contribution is 7.19. The lowest BCUT2D eigenvalue weighted by Crippen LogP contribution is -2.13. The Hall–Kier alpha value is -0.570. The van der Waals surface area contributed by atoms with Gasteiger partial charge in [0.05, 0.1) is 0 Å². The Morgan fingerprint density at radius 2 is 2.22 bits per heavy atom. The molecule has 1 aliphatic rings. The Labute approximate surface area is 117 Å². The predicted molar refractivity (Wildman–Crippen MR) is 80.8 cm³/mol. The summed E-state index contributed by atoms with van der Waals surface area (Å²) in [5.74, 6) is 0.788. The summed E-state index contributed by atoms with van der Waals surface area (Å²) in [6, 6.07) is 6.31. The highest BCUT2D eigenvalue weighted by Gasteiger charge is 2.29. The summed E-state index contributed by atoms with van der Waals surface area (Å²) in [7, 11) is 0. The number of rotatable bonds is 5. The van der Waals surface area contributed by atoms with E-state index in [2.05, 4.69) is 24.4 Å². The molecule has 1 N–H and O–H groups in total. The molecule has 0 atom stereocenters. The first-order valence-electron chi connectivity index (χ1n) is 6.71. The normalized spacial score (nSPS) is 15.4. The van der Waals surface area contributed by atoms with E-state index in [1.807, 2.05) is 17.4 Å². The zero-order valence-electron chi connectivity index (χ0n) is 10.6. The Bertz CT molecular complexity index is 557. The number of hydrogen-bond acceptors (Lipinski definition) is 2. The molecule has 0 spiro atoms. The van der Waals surface area contributed by atoms with Gasteiger partial charge in [0.2, 0.25) is 0 Å². The van der Waals surface area contributed by atoms with Crippen LogP contribution in [-0.4, -0.2) is 6.54 Å². The van der Waals surface area contributed by atoms with Crippen molar-refractivity contribution in [1.82, 2.24) is 5.32 Å². The standard InChI is InChI=1S/C15H18ClNS/c1-2-7-17-9-14-15(10-3-4-10)12-8-11(16)5-6-13(12)18-14/h5-6,8,10,17H,2-4,7,9H2,1H3. The lowest BCUT2D eigenvalue weighted by Gasteiger charge is -2.04. The van der Waals surface area contributed by atoms with E-state index in [0.717, 1.165) is 24.0 Å². The van der Waals surface area contributed by atoms with E-state index in [9.17, 15) is 0 Å². The molecular weight excluding hydrogens is 262 g/mol. The molecule has 3 rings (SSSR count). The zero-order chi connectivity index (χ0) is 12.5. The van der Waals surface area contributed by atoms with Crippen molar-refractivity contribution in [2.45, 2.75) is 38.6 Å². The van der Waals surface area contributed by atoms with Crippen molar-refractivity contribution in [3.63, 3.8) is 0 Å². The molecule has 1 nitrogen and oxygen atoms in total. The van der Waals surface area contributed by atoms with Gasteiger partial charge in [-0.25, -0.2) is 0 Å². The number of halogens is 1. The lowest BCUT2D eigenvalue weighted by atomic mass is 10.1. The fourth-order valence-corrected chi connectivity index (χ4v) is 3.88. The Kier molecular flexibility index (Phi) is 3.60. The molecule has 1 aromatic heterocycles. The van der Waals surface area contributed by atoms with Crippen molar-refractivity contribution < 1.29 is 0 Å². The van der Waals surface area contributed by atoms with Gasteiger partial charge in [-0.05, 0) is 60.9 Å². The van der Waals surface area contributed by atoms with Crippen LogP contribution < -0.4 is 5.32 Å². The van der Waals surface area contributed by atoms with Crippen molar-refractivity contribution in [3.8, 4) is 0 Å². The van der Waals surface area contributed by atoms with E-state index < -0.39 is 0 Å². The van der Waals surface area contributed by atoms with Crippen LogP contribution in [0.4, 0.5) is 0 Å². The van der Waals surface area contributed by atoms with E-state index in [-0.39, 0.29) is 0 Å². The van der Waals surface area contributed by atoms with Gasteiger partial charge < -0.3 is 5.32 Å². The average Bonchev–Trinajstić information content (AvgIpc) is 3.12. The first kappa shape index (κ1) is 12.5. The Balaban J connectivity index is 1.98. The number of benzene rings is 1. The van der Waals surface area contributed by atoms with Gasteiger partial charge in [-0.3, -0.25) is 0 Å². The van der Waals surface area contributed by atoms with E-state index in [1.165, 1.54) is 34.2 Å². The van der Waals surface area contributed by atoms with Crippen molar-refractivity contribution in [2.24, 2.45) is 0 Å². The van der Waals surface area contributed by atoms with Crippen LogP contribution in [0.2, 0.25) is 5.02 Å². The molecular formula is C15H18ClNS. The maximum absolute atomic E-state index is 6.14. The van der Waals surface area contributed by atoms with Gasteiger partial charge in [0.15, 0.2) is 0 Å². The quantitative estimate of drug-likeness (QED) is 0.765. The molecule has 0 bridgehead atoms. The third-order valence-electron chi connectivity index (χ3n) is 3.46. The van der Waals surface area contributed by atoms with Crippen LogP contribution in [0.15, 0.2) is 18.2 Å². The second-order valence-electron chi connectivity index (χ2n) is 5.03. The molecule has 0 saturated heterocycles. The topological polar surface area (TPSA) is 12.0 Å². The first-order chi connectivity index (χ1) is 8.79. The van der Waals surface area contributed by atoms with Gasteiger partial charge in [0.25, 0.3) is 0 Å². The van der Waals surface area contributed by atoms with Crippen molar-refractivity contribution in [1.29, 1.82) is 0 Å². The van der Waals surface area contributed by atoms with Crippen LogP contribution in [0.1, 0.15) is 42.5 Å². The monoisotopic (exact) mass is 279 g/mol. The fourth-order valence-electron chi connectivity index (χ4n) is 2.47. The van der Waals surface area contributed by atoms with Crippen LogP contribution in [-0.2, 0) is 6.54 Å². The fraction of sp³-hybridized carbons (Fsp3) is 0.467. The number of nitrogens with one attached hydrogen (secondary N) is 1. The molecule has 1 aliphatic carbocycles. The Morgan fingerprint density at radius 3 is 2.94 bits per heavy atom. The number of thiophene rings is 1. The second-order valence-corrected chi connectivity index (χ2v) is 6.60. The molecule has 0 amide bonds. The highest BCUT2D eigenvalue weighted by atomic mass is 35.5.